The molecule has 1 atom stereocenters. The molecule has 5 heterocycles. The van der Waals surface area contributed by atoms with Gasteiger partial charge in [0.05, 0.1) is 22.5 Å². The van der Waals surface area contributed by atoms with Gasteiger partial charge in [-0.3, -0.25) is 29.7 Å². The summed E-state index contributed by atoms with van der Waals surface area (Å²) in [7, 11) is 0. The molecule has 0 radical (unpaired) electrons. The molecule has 10 nitrogen and oxygen atoms in total. The monoisotopic (exact) mass is 651 g/mol. The van der Waals surface area contributed by atoms with E-state index in [4.69, 9.17) is 9.47 Å². The van der Waals surface area contributed by atoms with Gasteiger partial charge >= 0.3 is 0 Å². The Balaban J connectivity index is 0.828. The van der Waals surface area contributed by atoms with E-state index >= 15 is 0 Å². The van der Waals surface area contributed by atoms with Crippen molar-refractivity contribution in [2.75, 3.05) is 19.8 Å². The van der Waals surface area contributed by atoms with Crippen LogP contribution >= 0.6 is 11.3 Å². The number of hydrogen-bond donors (Lipinski definition) is 1. The second kappa shape index (κ2) is 13.3. The molecular weight excluding hydrogens is 621 g/mol. The highest BCUT2D eigenvalue weighted by molar-refractivity contribution is 7.21. The number of thiazole rings is 1. The third kappa shape index (κ3) is 6.74. The van der Waals surface area contributed by atoms with Crippen LogP contribution in [-0.4, -0.2) is 63.4 Å². The zero-order chi connectivity index (χ0) is 32.3. The number of amides is 3. The summed E-state index contributed by atoms with van der Waals surface area (Å²) in [6.45, 7) is 1.65. The molecule has 3 amide bonds. The van der Waals surface area contributed by atoms with Crippen LogP contribution in [0.15, 0.2) is 73.1 Å². The third-order valence-electron chi connectivity index (χ3n) is 8.19. The number of halogens is 1. The number of rotatable bonds is 11. The Morgan fingerprint density at radius 3 is 2.62 bits per heavy atom. The highest BCUT2D eigenvalue weighted by Crippen LogP contribution is 2.32. The molecular formula is C35H30FN5O5S. The summed E-state index contributed by atoms with van der Waals surface area (Å²) in [6.07, 6.45) is 5.73. The number of fused-ring (bicyclic) bond motifs is 2. The van der Waals surface area contributed by atoms with Gasteiger partial charge in [0.25, 0.3) is 5.91 Å². The van der Waals surface area contributed by atoms with E-state index in [0.29, 0.717) is 44.1 Å². The zero-order valence-electron chi connectivity index (χ0n) is 25.3. The Labute approximate surface area is 273 Å². The maximum Gasteiger partial charge on any atom is 0.255 e. The van der Waals surface area contributed by atoms with E-state index in [1.165, 1.54) is 28.4 Å². The molecule has 2 aliphatic heterocycles. The van der Waals surface area contributed by atoms with Crippen LogP contribution < -0.4 is 10.1 Å². The van der Waals surface area contributed by atoms with Crippen molar-refractivity contribution in [3.63, 3.8) is 0 Å². The Hall–Kier alpha value is -5.07. The molecule has 0 saturated carbocycles. The first-order valence-corrected chi connectivity index (χ1v) is 16.2. The van der Waals surface area contributed by atoms with Gasteiger partial charge in [0.2, 0.25) is 11.8 Å². The first-order chi connectivity index (χ1) is 22.9. The van der Waals surface area contributed by atoms with Gasteiger partial charge in [-0.25, -0.2) is 9.37 Å². The van der Waals surface area contributed by atoms with Gasteiger partial charge < -0.3 is 14.4 Å². The molecule has 12 heteroatoms. The number of pyridine rings is 2. The molecule has 47 heavy (non-hydrogen) atoms. The van der Waals surface area contributed by atoms with Crippen LogP contribution in [-0.2, 0) is 27.3 Å². The van der Waals surface area contributed by atoms with E-state index in [1.807, 2.05) is 36.5 Å². The highest BCUT2D eigenvalue weighted by Gasteiger charge is 2.39. The quantitative estimate of drug-likeness (QED) is 0.150. The van der Waals surface area contributed by atoms with Crippen LogP contribution in [0.1, 0.15) is 40.9 Å². The molecule has 1 unspecified atom stereocenters. The lowest BCUT2D eigenvalue weighted by atomic mass is 10.0. The summed E-state index contributed by atoms with van der Waals surface area (Å²) in [4.78, 5) is 51.9. The number of piperidine rings is 1. The predicted molar refractivity (Wildman–Crippen MR) is 173 cm³/mol. The van der Waals surface area contributed by atoms with Gasteiger partial charge in [0, 0.05) is 54.4 Å². The maximum absolute atomic E-state index is 13.5. The zero-order valence-corrected chi connectivity index (χ0v) is 26.1. The van der Waals surface area contributed by atoms with Gasteiger partial charge in [0.1, 0.15) is 29.2 Å². The topological polar surface area (TPSA) is 124 Å². The number of ether oxygens (including phenoxy) is 2. The van der Waals surface area contributed by atoms with Gasteiger partial charge in [-0.15, -0.1) is 11.3 Å². The summed E-state index contributed by atoms with van der Waals surface area (Å²) >= 11 is 1.44. The van der Waals surface area contributed by atoms with Gasteiger partial charge in [-0.05, 0) is 85.5 Å². The number of aryl methyl sites for hydroxylation is 1. The molecule has 2 aromatic carbocycles. The summed E-state index contributed by atoms with van der Waals surface area (Å²) in [6, 6.07) is 17.2. The van der Waals surface area contributed by atoms with Crippen LogP contribution in [0, 0.1) is 5.82 Å². The predicted octanol–water partition coefficient (Wildman–Crippen LogP) is 5.35. The molecule has 0 aliphatic carbocycles. The largest absolute Gasteiger partial charge is 0.491 e. The van der Waals surface area contributed by atoms with Crippen molar-refractivity contribution in [3.8, 4) is 27.6 Å². The minimum absolute atomic E-state index is 0.208. The molecule has 3 aromatic heterocycles. The summed E-state index contributed by atoms with van der Waals surface area (Å²) in [5.41, 5.74) is 5.69. The number of carbonyl (C=O) groups is 3. The lowest BCUT2D eigenvalue weighted by Gasteiger charge is -2.29. The van der Waals surface area contributed by atoms with Gasteiger partial charge in [-0.2, -0.15) is 0 Å². The van der Waals surface area contributed by atoms with Crippen LogP contribution in [0.25, 0.3) is 32.0 Å². The third-order valence-corrected chi connectivity index (χ3v) is 9.26. The molecule has 238 valence electrons. The molecule has 5 aromatic rings. The van der Waals surface area contributed by atoms with Crippen LogP contribution in [0.4, 0.5) is 4.39 Å². The SMILES string of the molecule is O=C1CCC(N2Cc3cc(OCCOCCCc4ccc(-c5ccc(-c6nc7ccc(F)cc7s6)cn5)cn4)ccc3C2=O)C(=O)N1. The van der Waals surface area contributed by atoms with E-state index in [9.17, 15) is 18.8 Å². The van der Waals surface area contributed by atoms with Crippen LogP contribution in [0.2, 0.25) is 0 Å². The number of imide groups is 1. The molecule has 1 fully saturated rings. The van der Waals surface area contributed by atoms with Crippen LogP contribution in [0.5, 0.6) is 5.75 Å². The summed E-state index contributed by atoms with van der Waals surface area (Å²) in [5.74, 6) is -0.579. The Morgan fingerprint density at radius 1 is 0.936 bits per heavy atom. The first-order valence-electron chi connectivity index (χ1n) is 15.4. The Morgan fingerprint density at radius 2 is 1.81 bits per heavy atom. The second-order valence-electron chi connectivity index (χ2n) is 11.4. The summed E-state index contributed by atoms with van der Waals surface area (Å²) < 4.78 is 25.9. The van der Waals surface area contributed by atoms with E-state index in [0.717, 1.165) is 56.1 Å². The number of benzene rings is 2. The molecule has 0 spiro atoms. The number of carbonyl (C=O) groups excluding carboxylic acids is 3. The normalized spacial score (nSPS) is 16.1. The second-order valence-corrected chi connectivity index (χ2v) is 12.4. The molecule has 2 aliphatic rings. The van der Waals surface area contributed by atoms with Crippen LogP contribution in [0.3, 0.4) is 0 Å². The van der Waals surface area contributed by atoms with Crippen molar-refractivity contribution in [2.45, 2.75) is 38.3 Å². The Kier molecular flexibility index (Phi) is 8.68. The minimum atomic E-state index is -0.639. The van der Waals surface area contributed by atoms with Crippen molar-refractivity contribution < 1.29 is 28.2 Å². The van der Waals surface area contributed by atoms with Crippen molar-refractivity contribution in [1.82, 2.24) is 25.2 Å². The number of nitrogens with one attached hydrogen (secondary N) is 1. The fourth-order valence-electron chi connectivity index (χ4n) is 5.75. The van der Waals surface area contributed by atoms with Crippen molar-refractivity contribution >= 4 is 39.3 Å². The van der Waals surface area contributed by atoms with Gasteiger partial charge in [-0.1, -0.05) is 0 Å². The molecule has 1 N–H and O–H groups in total. The molecule has 0 bridgehead atoms. The first kappa shape index (κ1) is 30.6. The van der Waals surface area contributed by atoms with Crippen molar-refractivity contribution in [3.05, 3.63) is 95.7 Å². The Bertz CT molecular complexity index is 1960. The fraction of sp³-hybridized carbons (Fsp3) is 0.257. The minimum Gasteiger partial charge on any atom is -0.491 e. The standard InChI is InChI=1S/C35H30FN5O5S/c36-24-5-10-29-31(17-24)47-34(39-29)22-4-9-28(38-19-22)21-3-6-25(37-18-21)2-1-13-45-14-15-46-26-7-8-27-23(16-26)20-41(35(27)44)30-11-12-32(42)40-33(30)43/h3-10,16-19,30H,1-2,11-15,20H2,(H,40,42,43). The number of hydrogen-bond acceptors (Lipinski definition) is 9. The molecule has 7 rings (SSSR count). The average Bonchev–Trinajstić information content (AvgIpc) is 3.65. The highest BCUT2D eigenvalue weighted by atomic mass is 32.1. The van der Waals surface area contributed by atoms with Crippen molar-refractivity contribution in [2.24, 2.45) is 0 Å². The number of aromatic nitrogens is 3. The van der Waals surface area contributed by atoms with E-state index in [1.54, 1.807) is 24.4 Å². The lowest BCUT2D eigenvalue weighted by molar-refractivity contribution is -0.136. The maximum atomic E-state index is 13.5. The van der Waals surface area contributed by atoms with Crippen molar-refractivity contribution in [1.29, 1.82) is 0 Å². The lowest BCUT2D eigenvalue weighted by Crippen LogP contribution is -2.52. The smallest absolute Gasteiger partial charge is 0.255 e. The van der Waals surface area contributed by atoms with E-state index in [-0.39, 0.29) is 24.1 Å². The number of nitrogens with zero attached hydrogens (tertiary/aromatic N) is 4. The van der Waals surface area contributed by atoms with E-state index < -0.39 is 11.9 Å². The summed E-state index contributed by atoms with van der Waals surface area (Å²) in [5, 5.41) is 3.12. The molecule has 1 saturated heterocycles. The average molecular weight is 652 g/mol. The van der Waals surface area contributed by atoms with E-state index in [2.05, 4.69) is 20.3 Å². The fourth-order valence-corrected chi connectivity index (χ4v) is 6.73. The van der Waals surface area contributed by atoms with Gasteiger partial charge in [0.15, 0.2) is 0 Å².